The van der Waals surface area contributed by atoms with Gasteiger partial charge in [-0.3, -0.25) is 14.5 Å². The summed E-state index contributed by atoms with van der Waals surface area (Å²) in [6.07, 6.45) is 2.66. The quantitative estimate of drug-likeness (QED) is 0.724. The van der Waals surface area contributed by atoms with Crippen LogP contribution < -0.4 is 4.90 Å². The van der Waals surface area contributed by atoms with E-state index in [0.29, 0.717) is 11.8 Å². The minimum Gasteiger partial charge on any atom is -0.345 e. The number of hydrogen-bond donors (Lipinski definition) is 0. The maximum Gasteiger partial charge on any atom is 0.226 e. The van der Waals surface area contributed by atoms with Gasteiger partial charge in [-0.2, -0.15) is 0 Å². The first kappa shape index (κ1) is 21.6. The molecule has 4 rings (SSSR count). The lowest BCUT2D eigenvalue weighted by atomic mass is 9.90. The number of hydrogen-bond acceptors (Lipinski definition) is 6. The fraction of sp³-hybridized carbons (Fsp3) is 0.773. The summed E-state index contributed by atoms with van der Waals surface area (Å²) in [4.78, 5) is 39.7. The van der Waals surface area contributed by atoms with Gasteiger partial charge in [-0.1, -0.05) is 13.8 Å². The van der Waals surface area contributed by atoms with Crippen LogP contribution in [0.1, 0.15) is 37.8 Å². The van der Waals surface area contributed by atoms with Crippen LogP contribution in [0.4, 0.5) is 5.13 Å². The van der Waals surface area contributed by atoms with Crippen LogP contribution in [0.3, 0.4) is 0 Å². The highest BCUT2D eigenvalue weighted by molar-refractivity contribution is 7.15. The minimum atomic E-state index is 0.108. The number of piperazine rings is 2. The Labute approximate surface area is 184 Å². The first-order chi connectivity index (χ1) is 14.4. The molecule has 7 nitrogen and oxygen atoms in total. The number of aromatic nitrogens is 1. The van der Waals surface area contributed by atoms with Crippen LogP contribution >= 0.6 is 11.3 Å². The number of carbonyl (C=O) groups excluding carboxylic acids is 2. The second-order valence-corrected chi connectivity index (χ2v) is 10.4. The summed E-state index contributed by atoms with van der Waals surface area (Å²) in [5.41, 5.74) is 1.19. The molecule has 0 N–H and O–H groups in total. The Hall–Kier alpha value is -1.67. The highest BCUT2D eigenvalue weighted by atomic mass is 32.1. The fourth-order valence-electron chi connectivity index (χ4n) is 4.85. The fourth-order valence-corrected chi connectivity index (χ4v) is 6.08. The van der Waals surface area contributed by atoms with Gasteiger partial charge in [-0.15, -0.1) is 11.3 Å². The number of amides is 2. The Morgan fingerprint density at radius 1 is 1.03 bits per heavy atom. The van der Waals surface area contributed by atoms with Gasteiger partial charge < -0.3 is 14.7 Å². The Morgan fingerprint density at radius 2 is 1.70 bits per heavy atom. The highest BCUT2D eigenvalue weighted by Gasteiger charge is 2.33. The molecule has 8 heteroatoms. The number of anilines is 1. The molecular formula is C22H35N5O2S. The molecule has 0 aromatic carbocycles. The molecule has 0 saturated carbocycles. The molecule has 0 bridgehead atoms. The lowest BCUT2D eigenvalue weighted by Gasteiger charge is -2.37. The van der Waals surface area contributed by atoms with Crippen LogP contribution in [0.25, 0.3) is 0 Å². The summed E-state index contributed by atoms with van der Waals surface area (Å²) >= 11 is 1.76. The van der Waals surface area contributed by atoms with Crippen LogP contribution in [0, 0.1) is 11.8 Å². The first-order valence-electron chi connectivity index (χ1n) is 11.4. The molecule has 1 aliphatic carbocycles. The van der Waals surface area contributed by atoms with Crippen molar-refractivity contribution in [2.45, 2.75) is 40.0 Å². The van der Waals surface area contributed by atoms with E-state index in [1.807, 2.05) is 4.90 Å². The topological polar surface area (TPSA) is 60.0 Å². The third-order valence-electron chi connectivity index (χ3n) is 6.58. The number of nitrogens with zero attached hydrogens (tertiary/aromatic N) is 5. The van der Waals surface area contributed by atoms with E-state index in [0.717, 1.165) is 83.3 Å². The van der Waals surface area contributed by atoms with E-state index in [1.165, 1.54) is 10.6 Å². The predicted octanol–water partition coefficient (Wildman–Crippen LogP) is 1.72. The number of carbonyl (C=O) groups is 2. The molecular weight excluding hydrogens is 398 g/mol. The third kappa shape index (κ3) is 4.80. The van der Waals surface area contributed by atoms with E-state index in [4.69, 9.17) is 4.98 Å². The van der Waals surface area contributed by atoms with Gasteiger partial charge in [0.2, 0.25) is 11.8 Å². The Bertz CT molecular complexity index is 764. The summed E-state index contributed by atoms with van der Waals surface area (Å²) in [5, 5.41) is 1.07. The Balaban J connectivity index is 1.32. The zero-order valence-corrected chi connectivity index (χ0v) is 19.4. The van der Waals surface area contributed by atoms with Crippen molar-refractivity contribution in [2.24, 2.45) is 11.8 Å². The third-order valence-corrected chi connectivity index (χ3v) is 7.76. The molecule has 1 aromatic rings. The zero-order chi connectivity index (χ0) is 21.3. The first-order valence-corrected chi connectivity index (χ1v) is 12.2. The summed E-state index contributed by atoms with van der Waals surface area (Å²) in [6, 6.07) is 0. The zero-order valence-electron chi connectivity index (χ0n) is 18.6. The summed E-state index contributed by atoms with van der Waals surface area (Å²) < 4.78 is 0. The van der Waals surface area contributed by atoms with Gasteiger partial charge in [0.25, 0.3) is 0 Å². The van der Waals surface area contributed by atoms with Crippen molar-refractivity contribution < 1.29 is 9.59 Å². The molecule has 2 saturated heterocycles. The SMILES string of the molecule is CC(=O)N1CCN(c2nc3c(s2)CC(C(=O)N2CCN(CC(C)C)CC2)CC3)CC1. The van der Waals surface area contributed by atoms with E-state index in [-0.39, 0.29) is 11.8 Å². The second-order valence-electron chi connectivity index (χ2n) is 9.32. The van der Waals surface area contributed by atoms with Crippen molar-refractivity contribution >= 4 is 28.3 Å². The van der Waals surface area contributed by atoms with E-state index in [2.05, 4.69) is 28.5 Å². The van der Waals surface area contributed by atoms with Crippen LogP contribution in [0.15, 0.2) is 0 Å². The maximum absolute atomic E-state index is 13.1. The average molecular weight is 434 g/mol. The summed E-state index contributed by atoms with van der Waals surface area (Å²) in [6.45, 7) is 14.2. The Kier molecular flexibility index (Phi) is 6.63. The Morgan fingerprint density at radius 3 is 2.33 bits per heavy atom. The van der Waals surface area contributed by atoms with Gasteiger partial charge in [0.15, 0.2) is 5.13 Å². The standard InChI is InChI=1S/C22H35N5O2S/c1-16(2)15-24-6-8-26(9-7-24)21(29)18-4-5-19-20(14-18)30-22(23-19)27-12-10-25(11-13-27)17(3)28/h16,18H,4-15H2,1-3H3. The highest BCUT2D eigenvalue weighted by Crippen LogP contribution is 2.35. The molecule has 2 amide bonds. The van der Waals surface area contributed by atoms with Gasteiger partial charge in [-0.05, 0) is 25.2 Å². The van der Waals surface area contributed by atoms with Crippen molar-refractivity contribution in [3.05, 3.63) is 10.6 Å². The van der Waals surface area contributed by atoms with Crippen molar-refractivity contribution in [2.75, 3.05) is 63.8 Å². The van der Waals surface area contributed by atoms with Crippen LogP contribution in [-0.4, -0.2) is 90.4 Å². The van der Waals surface area contributed by atoms with Crippen LogP contribution in [0.5, 0.6) is 0 Å². The van der Waals surface area contributed by atoms with Crippen molar-refractivity contribution in [3.8, 4) is 0 Å². The second kappa shape index (κ2) is 9.22. The number of fused-ring (bicyclic) bond motifs is 1. The predicted molar refractivity (Wildman–Crippen MR) is 120 cm³/mol. The van der Waals surface area contributed by atoms with Gasteiger partial charge in [0.05, 0.1) is 5.69 Å². The molecule has 1 unspecified atom stereocenters. The van der Waals surface area contributed by atoms with E-state index < -0.39 is 0 Å². The largest absolute Gasteiger partial charge is 0.345 e. The molecule has 0 spiro atoms. The molecule has 3 heterocycles. The van der Waals surface area contributed by atoms with E-state index in [9.17, 15) is 9.59 Å². The van der Waals surface area contributed by atoms with E-state index >= 15 is 0 Å². The number of aryl methyl sites for hydroxylation is 1. The van der Waals surface area contributed by atoms with Crippen molar-refractivity contribution in [1.82, 2.24) is 19.7 Å². The molecule has 2 aliphatic heterocycles. The summed E-state index contributed by atoms with van der Waals surface area (Å²) in [7, 11) is 0. The minimum absolute atomic E-state index is 0.108. The number of rotatable bonds is 4. The smallest absolute Gasteiger partial charge is 0.226 e. The summed E-state index contributed by atoms with van der Waals surface area (Å²) in [5.74, 6) is 1.28. The number of thiazole rings is 1. The molecule has 3 aliphatic rings. The normalized spacial score (nSPS) is 23.1. The van der Waals surface area contributed by atoms with Gasteiger partial charge in [0, 0.05) is 76.6 Å². The average Bonchev–Trinajstić information content (AvgIpc) is 3.17. The van der Waals surface area contributed by atoms with Gasteiger partial charge >= 0.3 is 0 Å². The van der Waals surface area contributed by atoms with Crippen molar-refractivity contribution in [3.63, 3.8) is 0 Å². The lowest BCUT2D eigenvalue weighted by Crippen LogP contribution is -2.51. The lowest BCUT2D eigenvalue weighted by molar-refractivity contribution is -0.137. The molecule has 1 atom stereocenters. The van der Waals surface area contributed by atoms with Crippen molar-refractivity contribution in [1.29, 1.82) is 0 Å². The van der Waals surface area contributed by atoms with Gasteiger partial charge in [-0.25, -0.2) is 4.98 Å². The molecule has 0 radical (unpaired) electrons. The van der Waals surface area contributed by atoms with Crippen LogP contribution in [0.2, 0.25) is 0 Å². The van der Waals surface area contributed by atoms with Crippen LogP contribution in [-0.2, 0) is 22.4 Å². The van der Waals surface area contributed by atoms with Gasteiger partial charge in [0.1, 0.15) is 0 Å². The monoisotopic (exact) mass is 433 g/mol. The molecule has 2 fully saturated rings. The van der Waals surface area contributed by atoms with E-state index in [1.54, 1.807) is 18.3 Å². The molecule has 166 valence electrons. The maximum atomic E-state index is 13.1. The molecule has 1 aromatic heterocycles. The molecule has 30 heavy (non-hydrogen) atoms.